The van der Waals surface area contributed by atoms with Gasteiger partial charge in [0.25, 0.3) is 0 Å². The average molecular weight is 156 g/mol. The minimum atomic E-state index is -0.0381. The summed E-state index contributed by atoms with van der Waals surface area (Å²) < 4.78 is 0. The Balaban J connectivity index is 2.13. The molecule has 1 aliphatic rings. The Hall–Kier alpha value is -0.0800. The smallest absolute Gasteiger partial charge is 0.0225 e. The van der Waals surface area contributed by atoms with Crippen molar-refractivity contribution in [2.75, 3.05) is 20.1 Å². The summed E-state index contributed by atoms with van der Waals surface area (Å²) in [6, 6.07) is 0. The van der Waals surface area contributed by atoms with Crippen molar-refractivity contribution in [1.82, 2.24) is 4.90 Å². The first kappa shape index (κ1) is 9.01. The van der Waals surface area contributed by atoms with E-state index in [0.717, 1.165) is 12.5 Å². The van der Waals surface area contributed by atoms with Gasteiger partial charge in [-0.25, -0.2) is 0 Å². The van der Waals surface area contributed by atoms with Crippen LogP contribution in [0.25, 0.3) is 0 Å². The zero-order chi connectivity index (χ0) is 8.48. The number of rotatable bonds is 4. The Kier molecular flexibility index (Phi) is 2.55. The molecule has 0 radical (unpaired) electrons. The lowest BCUT2D eigenvalue weighted by molar-refractivity contribution is 0.261. The molecule has 2 N–H and O–H groups in total. The lowest BCUT2D eigenvalue weighted by Crippen LogP contribution is -2.44. The lowest BCUT2D eigenvalue weighted by atomic mass is 10.1. The van der Waals surface area contributed by atoms with Crippen LogP contribution >= 0.6 is 0 Å². The monoisotopic (exact) mass is 156 g/mol. The van der Waals surface area contributed by atoms with E-state index in [9.17, 15) is 0 Å². The topological polar surface area (TPSA) is 29.3 Å². The van der Waals surface area contributed by atoms with Crippen LogP contribution in [0, 0.1) is 5.92 Å². The Morgan fingerprint density at radius 2 is 2.00 bits per heavy atom. The van der Waals surface area contributed by atoms with E-state index in [2.05, 4.69) is 25.8 Å². The quantitative estimate of drug-likeness (QED) is 0.659. The zero-order valence-corrected chi connectivity index (χ0v) is 7.93. The Bertz CT molecular complexity index is 122. The number of likely N-dealkylation sites (N-methyl/N-ethyl adjacent to an activating group) is 1. The molecule has 2 nitrogen and oxygen atoms in total. The molecule has 0 amide bonds. The number of hydrogen-bond donors (Lipinski definition) is 1. The van der Waals surface area contributed by atoms with E-state index in [4.69, 9.17) is 5.73 Å². The Morgan fingerprint density at radius 1 is 1.45 bits per heavy atom. The lowest BCUT2D eigenvalue weighted by Gasteiger charge is -2.26. The fourth-order valence-corrected chi connectivity index (χ4v) is 1.50. The molecular formula is C9H20N2. The van der Waals surface area contributed by atoms with Gasteiger partial charge in [-0.15, -0.1) is 0 Å². The third-order valence-corrected chi connectivity index (χ3v) is 1.94. The van der Waals surface area contributed by atoms with Crippen LogP contribution in [0.4, 0.5) is 0 Å². The normalized spacial score (nSPS) is 19.4. The van der Waals surface area contributed by atoms with Gasteiger partial charge in [-0.2, -0.15) is 0 Å². The number of hydrogen-bond acceptors (Lipinski definition) is 2. The first-order chi connectivity index (χ1) is 4.97. The van der Waals surface area contributed by atoms with Crippen LogP contribution in [0.5, 0.6) is 0 Å². The van der Waals surface area contributed by atoms with E-state index in [-0.39, 0.29) is 5.54 Å². The van der Waals surface area contributed by atoms with Crippen molar-refractivity contribution in [2.24, 2.45) is 11.7 Å². The van der Waals surface area contributed by atoms with Crippen molar-refractivity contribution in [3.63, 3.8) is 0 Å². The molecule has 0 aromatic heterocycles. The van der Waals surface area contributed by atoms with Gasteiger partial charge in [-0.3, -0.25) is 0 Å². The second-order valence-corrected chi connectivity index (χ2v) is 4.63. The molecule has 0 atom stereocenters. The maximum Gasteiger partial charge on any atom is 0.0225 e. The predicted octanol–water partition coefficient (Wildman–Crippen LogP) is 1.07. The van der Waals surface area contributed by atoms with E-state index in [1.165, 1.54) is 19.4 Å². The van der Waals surface area contributed by atoms with Gasteiger partial charge in [0.1, 0.15) is 0 Å². The highest BCUT2D eigenvalue weighted by Crippen LogP contribution is 2.29. The van der Waals surface area contributed by atoms with Gasteiger partial charge in [0.2, 0.25) is 0 Å². The summed E-state index contributed by atoms with van der Waals surface area (Å²) in [5, 5.41) is 0. The third-order valence-electron chi connectivity index (χ3n) is 1.94. The average Bonchev–Trinajstić information content (AvgIpc) is 2.42. The van der Waals surface area contributed by atoms with E-state index in [1.807, 2.05) is 0 Å². The first-order valence-corrected chi connectivity index (χ1v) is 4.45. The second kappa shape index (κ2) is 3.11. The maximum atomic E-state index is 5.89. The van der Waals surface area contributed by atoms with Crippen molar-refractivity contribution in [1.29, 1.82) is 0 Å². The summed E-state index contributed by atoms with van der Waals surface area (Å²) in [5.41, 5.74) is 5.85. The Morgan fingerprint density at radius 3 is 2.36 bits per heavy atom. The standard InChI is InChI=1S/C9H20N2/c1-9(2,10)7-11(3)6-8-4-5-8/h8H,4-7,10H2,1-3H3. The van der Waals surface area contributed by atoms with Crippen LogP contribution < -0.4 is 5.73 Å². The summed E-state index contributed by atoms with van der Waals surface area (Å²) in [5.74, 6) is 0.974. The molecule has 0 aromatic carbocycles. The highest BCUT2D eigenvalue weighted by Gasteiger charge is 2.24. The SMILES string of the molecule is CN(CC1CC1)CC(C)(C)N. The van der Waals surface area contributed by atoms with Crippen molar-refractivity contribution in [3.05, 3.63) is 0 Å². The molecule has 2 heteroatoms. The minimum Gasteiger partial charge on any atom is -0.324 e. The molecule has 0 heterocycles. The summed E-state index contributed by atoms with van der Waals surface area (Å²) >= 11 is 0. The molecule has 1 aliphatic carbocycles. The molecule has 0 spiro atoms. The summed E-state index contributed by atoms with van der Waals surface area (Å²) in [6.07, 6.45) is 2.85. The highest BCUT2D eigenvalue weighted by molar-refractivity contribution is 4.80. The molecule has 11 heavy (non-hydrogen) atoms. The predicted molar refractivity (Wildman–Crippen MR) is 48.5 cm³/mol. The second-order valence-electron chi connectivity index (χ2n) is 4.63. The van der Waals surface area contributed by atoms with Crippen LogP contribution in [0.2, 0.25) is 0 Å². The van der Waals surface area contributed by atoms with Gasteiger partial charge in [-0.1, -0.05) is 0 Å². The van der Waals surface area contributed by atoms with Gasteiger partial charge < -0.3 is 10.6 Å². The minimum absolute atomic E-state index is 0.0381. The molecule has 1 rings (SSSR count). The molecule has 1 fully saturated rings. The number of nitrogens with two attached hydrogens (primary N) is 1. The molecular weight excluding hydrogens is 136 g/mol. The van der Waals surface area contributed by atoms with Crippen molar-refractivity contribution < 1.29 is 0 Å². The van der Waals surface area contributed by atoms with Crippen LogP contribution in [0.3, 0.4) is 0 Å². The van der Waals surface area contributed by atoms with Gasteiger partial charge >= 0.3 is 0 Å². The van der Waals surface area contributed by atoms with Crippen LogP contribution in [0.15, 0.2) is 0 Å². The van der Waals surface area contributed by atoms with Crippen molar-refractivity contribution in [3.8, 4) is 0 Å². The number of nitrogens with zero attached hydrogens (tertiary/aromatic N) is 1. The van der Waals surface area contributed by atoms with E-state index in [1.54, 1.807) is 0 Å². The first-order valence-electron chi connectivity index (χ1n) is 4.45. The fraction of sp³-hybridized carbons (Fsp3) is 1.00. The van der Waals surface area contributed by atoms with Crippen molar-refractivity contribution >= 4 is 0 Å². The zero-order valence-electron chi connectivity index (χ0n) is 7.93. The summed E-state index contributed by atoms with van der Waals surface area (Å²) in [4.78, 5) is 2.34. The third kappa shape index (κ3) is 4.38. The van der Waals surface area contributed by atoms with Gasteiger partial charge in [0.15, 0.2) is 0 Å². The Labute approximate surface area is 69.8 Å². The van der Waals surface area contributed by atoms with Crippen LogP contribution in [0.1, 0.15) is 26.7 Å². The maximum absolute atomic E-state index is 5.89. The largest absolute Gasteiger partial charge is 0.324 e. The van der Waals surface area contributed by atoms with Gasteiger partial charge in [-0.05, 0) is 39.7 Å². The van der Waals surface area contributed by atoms with Crippen molar-refractivity contribution in [2.45, 2.75) is 32.2 Å². The molecule has 0 unspecified atom stereocenters. The van der Waals surface area contributed by atoms with E-state index >= 15 is 0 Å². The summed E-state index contributed by atoms with van der Waals surface area (Å²) in [7, 11) is 2.16. The van der Waals surface area contributed by atoms with Crippen LogP contribution in [-0.2, 0) is 0 Å². The molecule has 0 aromatic rings. The van der Waals surface area contributed by atoms with Crippen LogP contribution in [-0.4, -0.2) is 30.6 Å². The molecule has 0 aliphatic heterocycles. The molecule has 1 saturated carbocycles. The van der Waals surface area contributed by atoms with Gasteiger partial charge in [0.05, 0.1) is 0 Å². The molecule has 0 bridgehead atoms. The molecule has 66 valence electrons. The fourth-order valence-electron chi connectivity index (χ4n) is 1.50. The van der Waals surface area contributed by atoms with E-state index in [0.29, 0.717) is 0 Å². The highest BCUT2D eigenvalue weighted by atomic mass is 15.1. The molecule has 0 saturated heterocycles. The van der Waals surface area contributed by atoms with Gasteiger partial charge in [0, 0.05) is 18.6 Å². The summed E-state index contributed by atoms with van der Waals surface area (Å²) in [6.45, 7) is 6.40. The van der Waals surface area contributed by atoms with E-state index < -0.39 is 0 Å².